The van der Waals surface area contributed by atoms with Gasteiger partial charge in [-0.1, -0.05) is 6.92 Å². The second kappa shape index (κ2) is 6.40. The van der Waals surface area contributed by atoms with Crippen LogP contribution < -0.4 is 0 Å². The molecule has 1 atom stereocenters. The van der Waals surface area contributed by atoms with Crippen molar-refractivity contribution >= 4 is 11.9 Å². The van der Waals surface area contributed by atoms with Crippen molar-refractivity contribution < 1.29 is 14.7 Å². The van der Waals surface area contributed by atoms with Gasteiger partial charge in [0.25, 0.3) is 0 Å². The summed E-state index contributed by atoms with van der Waals surface area (Å²) in [5.41, 5.74) is 0. The average molecular weight is 201 g/mol. The van der Waals surface area contributed by atoms with Crippen LogP contribution in [0.3, 0.4) is 0 Å². The van der Waals surface area contributed by atoms with Gasteiger partial charge in [0.2, 0.25) is 5.91 Å². The van der Waals surface area contributed by atoms with Gasteiger partial charge in [-0.05, 0) is 20.3 Å². The van der Waals surface area contributed by atoms with Crippen molar-refractivity contribution in [1.29, 1.82) is 0 Å². The summed E-state index contributed by atoms with van der Waals surface area (Å²) in [5.74, 6) is -0.984. The molecule has 0 saturated carbocycles. The highest BCUT2D eigenvalue weighted by Crippen LogP contribution is 2.06. The van der Waals surface area contributed by atoms with E-state index in [1.54, 1.807) is 4.90 Å². The van der Waals surface area contributed by atoms with E-state index in [2.05, 4.69) is 0 Å². The lowest BCUT2D eigenvalue weighted by Crippen LogP contribution is -2.38. The Kier molecular flexibility index (Phi) is 5.92. The van der Waals surface area contributed by atoms with Gasteiger partial charge in [-0.25, -0.2) is 0 Å². The maximum absolute atomic E-state index is 11.5. The lowest BCUT2D eigenvalue weighted by molar-refractivity contribution is -0.141. The smallest absolute Gasteiger partial charge is 0.303 e. The Morgan fingerprint density at radius 2 is 1.86 bits per heavy atom. The van der Waals surface area contributed by atoms with E-state index in [-0.39, 0.29) is 24.8 Å². The molecule has 0 aliphatic rings. The van der Waals surface area contributed by atoms with Gasteiger partial charge in [0, 0.05) is 19.0 Å². The monoisotopic (exact) mass is 201 g/mol. The molecule has 0 heterocycles. The Labute approximate surface area is 84.9 Å². The van der Waals surface area contributed by atoms with Crippen molar-refractivity contribution in [2.24, 2.45) is 0 Å². The normalized spacial score (nSPS) is 12.2. The molecule has 0 radical (unpaired) electrons. The van der Waals surface area contributed by atoms with Crippen LogP contribution in [0.4, 0.5) is 0 Å². The molecule has 0 aromatic carbocycles. The molecule has 82 valence electrons. The first kappa shape index (κ1) is 12.9. The number of carbonyl (C=O) groups excluding carboxylic acids is 1. The number of rotatable bonds is 6. The number of amides is 1. The minimum atomic E-state index is -0.918. The van der Waals surface area contributed by atoms with Crippen LogP contribution in [0.5, 0.6) is 0 Å². The fraction of sp³-hybridized carbons (Fsp3) is 0.800. The van der Waals surface area contributed by atoms with Gasteiger partial charge in [-0.3, -0.25) is 9.59 Å². The van der Waals surface area contributed by atoms with Crippen LogP contribution >= 0.6 is 0 Å². The van der Waals surface area contributed by atoms with E-state index in [1.165, 1.54) is 0 Å². The van der Waals surface area contributed by atoms with Gasteiger partial charge in [-0.15, -0.1) is 0 Å². The quantitative estimate of drug-likeness (QED) is 0.708. The molecule has 0 bridgehead atoms. The van der Waals surface area contributed by atoms with Gasteiger partial charge < -0.3 is 10.0 Å². The number of aliphatic carboxylic acids is 1. The Balaban J connectivity index is 4.10. The molecule has 4 heteroatoms. The molecule has 1 unspecified atom stereocenters. The summed E-state index contributed by atoms with van der Waals surface area (Å²) < 4.78 is 0. The molecule has 0 spiro atoms. The second-order valence-electron chi connectivity index (χ2n) is 3.33. The first-order chi connectivity index (χ1) is 6.52. The highest BCUT2D eigenvalue weighted by Gasteiger charge is 2.17. The Morgan fingerprint density at radius 3 is 2.21 bits per heavy atom. The molecule has 4 nitrogen and oxygen atoms in total. The zero-order chi connectivity index (χ0) is 11.1. The van der Waals surface area contributed by atoms with Crippen LogP contribution in [0.25, 0.3) is 0 Å². The molecule has 14 heavy (non-hydrogen) atoms. The van der Waals surface area contributed by atoms with E-state index in [0.29, 0.717) is 6.54 Å². The summed E-state index contributed by atoms with van der Waals surface area (Å²) in [6, 6.07) is 0.196. The van der Waals surface area contributed by atoms with Crippen LogP contribution in [0.15, 0.2) is 0 Å². The van der Waals surface area contributed by atoms with Crippen LogP contribution in [-0.2, 0) is 9.59 Å². The predicted octanol–water partition coefficient (Wildman–Crippen LogP) is 1.50. The molecule has 1 N–H and O–H groups in total. The molecule has 0 aliphatic heterocycles. The van der Waals surface area contributed by atoms with E-state index in [0.717, 1.165) is 6.42 Å². The number of carboxylic acids is 1. The minimum Gasteiger partial charge on any atom is -0.481 e. The lowest BCUT2D eigenvalue weighted by atomic mass is 10.2. The number of hydrogen-bond donors (Lipinski definition) is 1. The zero-order valence-electron chi connectivity index (χ0n) is 9.12. The van der Waals surface area contributed by atoms with E-state index in [9.17, 15) is 9.59 Å². The minimum absolute atomic E-state index is 0.0655. The van der Waals surface area contributed by atoms with Gasteiger partial charge in [0.15, 0.2) is 0 Å². The molecule has 0 saturated heterocycles. The van der Waals surface area contributed by atoms with Crippen LogP contribution in [0, 0.1) is 0 Å². The molecule has 0 aromatic heterocycles. The number of carboxylic acid groups (broad SMARTS) is 1. The van der Waals surface area contributed by atoms with E-state index in [4.69, 9.17) is 5.11 Å². The van der Waals surface area contributed by atoms with Crippen molar-refractivity contribution in [2.75, 3.05) is 6.54 Å². The summed E-state index contributed by atoms with van der Waals surface area (Å²) in [5, 5.41) is 8.44. The molecule has 1 amide bonds. The summed E-state index contributed by atoms with van der Waals surface area (Å²) in [4.78, 5) is 23.6. The van der Waals surface area contributed by atoms with Crippen molar-refractivity contribution in [3.05, 3.63) is 0 Å². The molecule has 0 aromatic rings. The van der Waals surface area contributed by atoms with Crippen molar-refractivity contribution in [2.45, 2.75) is 46.1 Å². The third kappa shape index (κ3) is 4.25. The summed E-state index contributed by atoms with van der Waals surface area (Å²) in [7, 11) is 0. The predicted molar refractivity (Wildman–Crippen MR) is 54.0 cm³/mol. The molecule has 0 fully saturated rings. The summed E-state index contributed by atoms with van der Waals surface area (Å²) in [6.45, 7) is 6.54. The van der Waals surface area contributed by atoms with Crippen molar-refractivity contribution in [3.63, 3.8) is 0 Å². The molecular weight excluding hydrogens is 182 g/mol. The van der Waals surface area contributed by atoms with Gasteiger partial charge in [0.1, 0.15) is 0 Å². The Hall–Kier alpha value is -1.06. The maximum atomic E-state index is 11.5. The number of carbonyl (C=O) groups is 2. The fourth-order valence-corrected chi connectivity index (χ4v) is 1.31. The largest absolute Gasteiger partial charge is 0.481 e. The van der Waals surface area contributed by atoms with E-state index in [1.807, 2.05) is 20.8 Å². The SMILES string of the molecule is CCC(C)N(CC)C(=O)CCC(=O)O. The van der Waals surface area contributed by atoms with E-state index >= 15 is 0 Å². The Bertz CT molecular complexity index is 204. The van der Waals surface area contributed by atoms with Gasteiger partial charge >= 0.3 is 5.97 Å². The average Bonchev–Trinajstić information content (AvgIpc) is 2.15. The summed E-state index contributed by atoms with van der Waals surface area (Å²) >= 11 is 0. The van der Waals surface area contributed by atoms with Gasteiger partial charge in [-0.2, -0.15) is 0 Å². The standard InChI is InChI=1S/C10H19NO3/c1-4-8(3)11(5-2)9(12)6-7-10(13)14/h8H,4-7H2,1-3H3,(H,13,14). The highest BCUT2D eigenvalue weighted by atomic mass is 16.4. The first-order valence-corrected chi connectivity index (χ1v) is 5.04. The van der Waals surface area contributed by atoms with Crippen molar-refractivity contribution in [1.82, 2.24) is 4.90 Å². The van der Waals surface area contributed by atoms with Crippen LogP contribution in [0.1, 0.15) is 40.0 Å². The van der Waals surface area contributed by atoms with Crippen LogP contribution in [0.2, 0.25) is 0 Å². The maximum Gasteiger partial charge on any atom is 0.303 e. The topological polar surface area (TPSA) is 57.6 Å². The molecule has 0 rings (SSSR count). The fourth-order valence-electron chi connectivity index (χ4n) is 1.31. The third-order valence-corrected chi connectivity index (χ3v) is 2.34. The van der Waals surface area contributed by atoms with E-state index < -0.39 is 5.97 Å². The number of hydrogen-bond acceptors (Lipinski definition) is 2. The van der Waals surface area contributed by atoms with Gasteiger partial charge in [0.05, 0.1) is 6.42 Å². The molecular formula is C10H19NO3. The second-order valence-corrected chi connectivity index (χ2v) is 3.33. The first-order valence-electron chi connectivity index (χ1n) is 5.04. The Morgan fingerprint density at radius 1 is 1.29 bits per heavy atom. The molecule has 0 aliphatic carbocycles. The third-order valence-electron chi connectivity index (χ3n) is 2.34. The lowest BCUT2D eigenvalue weighted by Gasteiger charge is -2.27. The van der Waals surface area contributed by atoms with Crippen molar-refractivity contribution in [3.8, 4) is 0 Å². The highest BCUT2D eigenvalue weighted by molar-refractivity contribution is 5.80. The van der Waals surface area contributed by atoms with Crippen LogP contribution in [-0.4, -0.2) is 34.5 Å². The number of nitrogens with zero attached hydrogens (tertiary/aromatic N) is 1. The zero-order valence-corrected chi connectivity index (χ0v) is 9.12. The summed E-state index contributed by atoms with van der Waals surface area (Å²) in [6.07, 6.45) is 0.923.